The first-order valence-electron chi connectivity index (χ1n) is 3.59. The topological polar surface area (TPSA) is 38.0 Å². The van der Waals surface area contributed by atoms with Crippen LogP contribution in [0.4, 0.5) is 0 Å². The summed E-state index contributed by atoms with van der Waals surface area (Å²) >= 11 is 5.07. The Bertz CT molecular complexity index is 259. The van der Waals surface area contributed by atoms with E-state index in [9.17, 15) is 0 Å². The molecular formula is C8H11BrN2S. The van der Waals surface area contributed by atoms with Gasteiger partial charge in [-0.15, -0.1) is 17.9 Å². The van der Waals surface area contributed by atoms with Crippen molar-refractivity contribution in [1.82, 2.24) is 5.43 Å². The Morgan fingerprint density at radius 2 is 2.58 bits per heavy atom. The Morgan fingerprint density at radius 3 is 3.00 bits per heavy atom. The number of nitrogens with two attached hydrogens (primary N) is 1. The van der Waals surface area contributed by atoms with E-state index >= 15 is 0 Å². The summed E-state index contributed by atoms with van der Waals surface area (Å²) in [5.74, 6) is 5.39. The molecule has 4 heteroatoms. The number of hydrogen-bond donors (Lipinski definition) is 2. The molecule has 0 aliphatic rings. The van der Waals surface area contributed by atoms with Gasteiger partial charge in [0.25, 0.3) is 0 Å². The molecule has 1 unspecified atom stereocenters. The lowest BCUT2D eigenvalue weighted by Gasteiger charge is -2.10. The summed E-state index contributed by atoms with van der Waals surface area (Å²) in [4.78, 5) is 0. The Morgan fingerprint density at radius 1 is 1.83 bits per heavy atom. The Hall–Kier alpha value is -0.160. The highest BCUT2D eigenvalue weighted by Gasteiger charge is 2.08. The molecule has 0 aliphatic heterocycles. The lowest BCUT2D eigenvalue weighted by molar-refractivity contribution is 0.563. The number of thiophene rings is 1. The molecule has 2 nitrogen and oxygen atoms in total. The van der Waals surface area contributed by atoms with Crippen molar-refractivity contribution in [2.24, 2.45) is 5.84 Å². The third kappa shape index (κ3) is 2.42. The molecule has 0 spiro atoms. The van der Waals surface area contributed by atoms with Gasteiger partial charge < -0.3 is 0 Å². The zero-order valence-electron chi connectivity index (χ0n) is 6.59. The van der Waals surface area contributed by atoms with E-state index in [-0.39, 0.29) is 6.04 Å². The van der Waals surface area contributed by atoms with Gasteiger partial charge in [-0.2, -0.15) is 0 Å². The molecule has 0 saturated carbocycles. The SMILES string of the molecule is C=CCC(NN)c1csc(Br)c1. The lowest BCUT2D eigenvalue weighted by atomic mass is 10.1. The molecule has 1 heterocycles. The number of halogens is 1. The van der Waals surface area contributed by atoms with E-state index in [2.05, 4.69) is 39.4 Å². The normalized spacial score (nSPS) is 12.8. The summed E-state index contributed by atoms with van der Waals surface area (Å²) in [6.07, 6.45) is 2.70. The number of rotatable bonds is 4. The highest BCUT2D eigenvalue weighted by molar-refractivity contribution is 9.11. The lowest BCUT2D eigenvalue weighted by Crippen LogP contribution is -2.27. The molecule has 0 aromatic carbocycles. The minimum atomic E-state index is 0.185. The number of hydrazine groups is 1. The Labute approximate surface area is 84.6 Å². The molecule has 0 radical (unpaired) electrons. The van der Waals surface area contributed by atoms with Crippen LogP contribution in [0.25, 0.3) is 0 Å². The maximum atomic E-state index is 5.39. The van der Waals surface area contributed by atoms with Gasteiger partial charge in [0.15, 0.2) is 0 Å². The van der Waals surface area contributed by atoms with E-state index in [0.29, 0.717) is 0 Å². The van der Waals surface area contributed by atoms with Gasteiger partial charge in [0, 0.05) is 0 Å². The highest BCUT2D eigenvalue weighted by atomic mass is 79.9. The minimum absolute atomic E-state index is 0.185. The van der Waals surface area contributed by atoms with Gasteiger partial charge in [0.1, 0.15) is 0 Å². The van der Waals surface area contributed by atoms with Crippen molar-refractivity contribution in [1.29, 1.82) is 0 Å². The molecule has 0 bridgehead atoms. The summed E-state index contributed by atoms with van der Waals surface area (Å²) in [6, 6.07) is 2.25. The van der Waals surface area contributed by atoms with Crippen LogP contribution < -0.4 is 11.3 Å². The maximum Gasteiger partial charge on any atom is 0.0701 e. The van der Waals surface area contributed by atoms with Gasteiger partial charge >= 0.3 is 0 Å². The van der Waals surface area contributed by atoms with Crippen LogP contribution >= 0.6 is 27.3 Å². The third-order valence-electron chi connectivity index (χ3n) is 1.59. The maximum absolute atomic E-state index is 5.39. The fourth-order valence-electron chi connectivity index (χ4n) is 0.973. The number of hydrogen-bond acceptors (Lipinski definition) is 3. The monoisotopic (exact) mass is 246 g/mol. The standard InChI is InChI=1S/C8H11BrN2S/c1-2-3-7(11-10)6-4-8(9)12-5-6/h2,4-5,7,11H,1,3,10H2. The predicted octanol–water partition coefficient (Wildman–Crippen LogP) is 2.59. The largest absolute Gasteiger partial charge is 0.271 e. The van der Waals surface area contributed by atoms with Gasteiger partial charge in [-0.25, -0.2) is 0 Å². The molecule has 1 rings (SSSR count). The zero-order valence-corrected chi connectivity index (χ0v) is 8.99. The summed E-state index contributed by atoms with van der Waals surface area (Å²) in [5.41, 5.74) is 3.95. The van der Waals surface area contributed by atoms with Gasteiger partial charge in [0.2, 0.25) is 0 Å². The molecule has 0 aliphatic carbocycles. The first-order valence-corrected chi connectivity index (χ1v) is 5.26. The summed E-state index contributed by atoms with van der Waals surface area (Å²) in [7, 11) is 0. The molecule has 3 N–H and O–H groups in total. The van der Waals surface area contributed by atoms with Crippen LogP contribution in [-0.2, 0) is 0 Å². The van der Waals surface area contributed by atoms with Gasteiger partial charge in [-0.3, -0.25) is 11.3 Å². The summed E-state index contributed by atoms with van der Waals surface area (Å²) < 4.78 is 1.13. The quantitative estimate of drug-likeness (QED) is 0.487. The molecule has 0 saturated heterocycles. The average Bonchev–Trinajstić information content (AvgIpc) is 2.47. The van der Waals surface area contributed by atoms with Crippen LogP contribution in [0.5, 0.6) is 0 Å². The van der Waals surface area contributed by atoms with E-state index in [0.717, 1.165) is 10.2 Å². The minimum Gasteiger partial charge on any atom is -0.271 e. The molecular weight excluding hydrogens is 236 g/mol. The van der Waals surface area contributed by atoms with Gasteiger partial charge in [-0.1, -0.05) is 6.08 Å². The average molecular weight is 247 g/mol. The smallest absolute Gasteiger partial charge is 0.0701 e. The molecule has 1 aromatic rings. The van der Waals surface area contributed by atoms with Crippen molar-refractivity contribution in [2.45, 2.75) is 12.5 Å². The molecule has 1 atom stereocenters. The fraction of sp³-hybridized carbons (Fsp3) is 0.250. The van der Waals surface area contributed by atoms with Crippen molar-refractivity contribution in [3.63, 3.8) is 0 Å². The summed E-state index contributed by atoms with van der Waals surface area (Å²) in [5, 5.41) is 2.08. The van der Waals surface area contributed by atoms with Crippen molar-refractivity contribution in [3.8, 4) is 0 Å². The molecule has 0 fully saturated rings. The van der Waals surface area contributed by atoms with Gasteiger partial charge in [-0.05, 0) is 39.4 Å². The van der Waals surface area contributed by atoms with Crippen LogP contribution in [0.2, 0.25) is 0 Å². The molecule has 12 heavy (non-hydrogen) atoms. The third-order valence-corrected chi connectivity index (χ3v) is 3.12. The summed E-state index contributed by atoms with van der Waals surface area (Å²) in [6.45, 7) is 3.68. The second-order valence-corrected chi connectivity index (χ2v) is 4.72. The fourth-order valence-corrected chi connectivity index (χ4v) is 2.20. The Kier molecular flexibility index (Phi) is 3.94. The van der Waals surface area contributed by atoms with Crippen molar-refractivity contribution < 1.29 is 0 Å². The molecule has 66 valence electrons. The highest BCUT2D eigenvalue weighted by Crippen LogP contribution is 2.26. The second-order valence-electron chi connectivity index (χ2n) is 2.43. The van der Waals surface area contributed by atoms with Gasteiger partial charge in [0.05, 0.1) is 9.83 Å². The first kappa shape index (κ1) is 9.92. The van der Waals surface area contributed by atoms with E-state index in [1.165, 1.54) is 5.56 Å². The van der Waals surface area contributed by atoms with E-state index in [1.807, 2.05) is 6.08 Å². The predicted molar refractivity (Wildman–Crippen MR) is 56.9 cm³/mol. The van der Waals surface area contributed by atoms with Crippen molar-refractivity contribution in [2.75, 3.05) is 0 Å². The van der Waals surface area contributed by atoms with Crippen LogP contribution in [-0.4, -0.2) is 0 Å². The second kappa shape index (κ2) is 4.77. The van der Waals surface area contributed by atoms with Crippen molar-refractivity contribution >= 4 is 27.3 Å². The van der Waals surface area contributed by atoms with E-state index in [4.69, 9.17) is 5.84 Å². The van der Waals surface area contributed by atoms with Crippen LogP contribution in [0.15, 0.2) is 27.9 Å². The van der Waals surface area contributed by atoms with Crippen LogP contribution in [0.3, 0.4) is 0 Å². The first-order chi connectivity index (χ1) is 5.77. The van der Waals surface area contributed by atoms with Crippen LogP contribution in [0.1, 0.15) is 18.0 Å². The number of nitrogens with one attached hydrogen (secondary N) is 1. The molecule has 0 amide bonds. The van der Waals surface area contributed by atoms with E-state index < -0.39 is 0 Å². The van der Waals surface area contributed by atoms with E-state index in [1.54, 1.807) is 11.3 Å². The van der Waals surface area contributed by atoms with Crippen molar-refractivity contribution in [3.05, 3.63) is 33.5 Å². The van der Waals surface area contributed by atoms with Crippen LogP contribution in [0, 0.1) is 0 Å². The Balaban J connectivity index is 2.72. The zero-order chi connectivity index (χ0) is 8.97. The molecule has 1 aromatic heterocycles.